The summed E-state index contributed by atoms with van der Waals surface area (Å²) in [4.78, 5) is 23.0. The number of carbonyl (C=O) groups excluding carboxylic acids is 2. The van der Waals surface area contributed by atoms with Gasteiger partial charge in [0.25, 0.3) is 0 Å². The topological polar surface area (TPSA) is 89.5 Å². The van der Waals surface area contributed by atoms with Crippen LogP contribution in [0.1, 0.15) is 0 Å². The summed E-state index contributed by atoms with van der Waals surface area (Å²) in [6.45, 7) is -0.142. The third-order valence-corrected chi connectivity index (χ3v) is 2.80. The Bertz CT molecular complexity index is 298. The fourth-order valence-electron chi connectivity index (χ4n) is 1.92. The van der Waals surface area contributed by atoms with E-state index in [-0.39, 0.29) is 13.6 Å². The van der Waals surface area contributed by atoms with Gasteiger partial charge in [-0.3, -0.25) is 0 Å². The number of carbonyl (C=O) groups is 2. The Labute approximate surface area is 103 Å². The van der Waals surface area contributed by atoms with Gasteiger partial charge in [-0.05, 0) is 0 Å². The first-order valence-electron chi connectivity index (χ1n) is 5.31. The van der Waals surface area contributed by atoms with E-state index in [0.717, 1.165) is 0 Å². The highest BCUT2D eigenvalue weighted by Gasteiger charge is 2.50. The molecule has 0 N–H and O–H groups in total. The monoisotopic (exact) mass is 262 g/mol. The minimum atomic E-state index is -0.936. The van der Waals surface area contributed by atoms with Gasteiger partial charge in [-0.25, -0.2) is 9.59 Å². The van der Waals surface area contributed by atoms with Gasteiger partial charge >= 0.3 is 11.9 Å². The standard InChI is InChI=1S/C10H14O8/c1-13-9(11)7-5(15-3-17-7)6-8(10(12)14-2)18-4-16-6/h5-8H,3-4H2,1-2H3/t5-,6+,7+,8-. The maximum Gasteiger partial charge on any atom is 0.337 e. The van der Waals surface area contributed by atoms with Crippen molar-refractivity contribution in [2.45, 2.75) is 24.4 Å². The molecule has 2 saturated heterocycles. The average Bonchev–Trinajstić information content (AvgIpc) is 3.04. The second kappa shape index (κ2) is 5.61. The third-order valence-electron chi connectivity index (χ3n) is 2.80. The zero-order valence-corrected chi connectivity index (χ0v) is 9.99. The Balaban J connectivity index is 2.09. The van der Waals surface area contributed by atoms with Crippen molar-refractivity contribution in [3.8, 4) is 0 Å². The molecule has 4 atom stereocenters. The van der Waals surface area contributed by atoms with Gasteiger partial charge in [0.1, 0.15) is 25.8 Å². The molecule has 0 aliphatic carbocycles. The Morgan fingerprint density at radius 1 is 0.833 bits per heavy atom. The van der Waals surface area contributed by atoms with Crippen molar-refractivity contribution in [2.75, 3.05) is 27.8 Å². The van der Waals surface area contributed by atoms with Gasteiger partial charge in [0.2, 0.25) is 0 Å². The van der Waals surface area contributed by atoms with Gasteiger partial charge in [-0.1, -0.05) is 0 Å². The summed E-state index contributed by atoms with van der Waals surface area (Å²) in [7, 11) is 2.48. The molecule has 2 fully saturated rings. The van der Waals surface area contributed by atoms with Crippen LogP contribution in [0.3, 0.4) is 0 Å². The highest BCUT2D eigenvalue weighted by Crippen LogP contribution is 2.27. The van der Waals surface area contributed by atoms with Crippen LogP contribution in [0.2, 0.25) is 0 Å². The summed E-state index contributed by atoms with van der Waals surface area (Å²) in [5, 5.41) is 0. The molecule has 102 valence electrons. The molecule has 2 aliphatic rings. The van der Waals surface area contributed by atoms with E-state index in [1.54, 1.807) is 0 Å². The first-order chi connectivity index (χ1) is 8.69. The number of ether oxygens (including phenoxy) is 6. The Hall–Kier alpha value is -1.22. The van der Waals surface area contributed by atoms with E-state index in [1.165, 1.54) is 14.2 Å². The van der Waals surface area contributed by atoms with Gasteiger partial charge < -0.3 is 28.4 Å². The summed E-state index contributed by atoms with van der Waals surface area (Å²) in [5.74, 6) is -1.17. The van der Waals surface area contributed by atoms with Crippen molar-refractivity contribution < 1.29 is 38.0 Å². The number of rotatable bonds is 3. The number of esters is 2. The predicted octanol–water partition coefficient (Wildman–Crippen LogP) is -1.18. The first kappa shape index (κ1) is 13.2. The Morgan fingerprint density at radius 2 is 1.22 bits per heavy atom. The molecule has 0 aromatic carbocycles. The van der Waals surface area contributed by atoms with Crippen LogP contribution in [0, 0.1) is 0 Å². The molecule has 8 nitrogen and oxygen atoms in total. The maximum atomic E-state index is 11.5. The smallest absolute Gasteiger partial charge is 0.337 e. The van der Waals surface area contributed by atoms with Gasteiger partial charge in [0.15, 0.2) is 12.2 Å². The summed E-state index contributed by atoms with van der Waals surface area (Å²) >= 11 is 0. The van der Waals surface area contributed by atoms with Gasteiger partial charge in [-0.2, -0.15) is 0 Å². The van der Waals surface area contributed by atoms with Crippen molar-refractivity contribution in [1.29, 1.82) is 0 Å². The van der Waals surface area contributed by atoms with Crippen molar-refractivity contribution in [3.05, 3.63) is 0 Å². The molecule has 0 bridgehead atoms. The van der Waals surface area contributed by atoms with E-state index in [2.05, 4.69) is 9.47 Å². The lowest BCUT2D eigenvalue weighted by molar-refractivity contribution is -0.157. The van der Waals surface area contributed by atoms with E-state index in [0.29, 0.717) is 0 Å². The van der Waals surface area contributed by atoms with Crippen LogP contribution < -0.4 is 0 Å². The van der Waals surface area contributed by atoms with E-state index in [4.69, 9.17) is 18.9 Å². The molecular formula is C10H14O8. The second-order valence-electron chi connectivity index (χ2n) is 3.72. The molecule has 2 rings (SSSR count). The molecule has 18 heavy (non-hydrogen) atoms. The summed E-state index contributed by atoms with van der Waals surface area (Å²) in [6.07, 6.45) is -3.39. The van der Waals surface area contributed by atoms with Crippen molar-refractivity contribution in [1.82, 2.24) is 0 Å². The molecule has 2 heterocycles. The molecule has 0 saturated carbocycles. The normalized spacial score (nSPS) is 35.4. The van der Waals surface area contributed by atoms with E-state index in [1.807, 2.05) is 0 Å². The quantitative estimate of drug-likeness (QED) is 0.587. The van der Waals surface area contributed by atoms with Crippen LogP contribution in [-0.2, 0) is 38.0 Å². The van der Waals surface area contributed by atoms with E-state index < -0.39 is 36.4 Å². The molecule has 0 radical (unpaired) electrons. The number of hydrogen-bond acceptors (Lipinski definition) is 8. The zero-order valence-electron chi connectivity index (χ0n) is 9.99. The van der Waals surface area contributed by atoms with Crippen LogP contribution in [0.5, 0.6) is 0 Å². The highest BCUT2D eigenvalue weighted by atomic mass is 16.8. The number of methoxy groups -OCH3 is 2. The SMILES string of the molecule is COC(=O)[C@H]1OCO[C@@H]1[C@@H]1OCO[C@H]1C(=O)OC. The van der Waals surface area contributed by atoms with Crippen LogP contribution in [-0.4, -0.2) is 64.2 Å². The Kier molecular flexibility index (Phi) is 4.12. The van der Waals surface area contributed by atoms with Gasteiger partial charge in [-0.15, -0.1) is 0 Å². The zero-order chi connectivity index (χ0) is 13.1. The fraction of sp³-hybridized carbons (Fsp3) is 0.800. The minimum Gasteiger partial charge on any atom is -0.467 e. The molecule has 0 aromatic heterocycles. The van der Waals surface area contributed by atoms with E-state index >= 15 is 0 Å². The van der Waals surface area contributed by atoms with Crippen LogP contribution >= 0.6 is 0 Å². The molecule has 0 amide bonds. The van der Waals surface area contributed by atoms with Crippen LogP contribution in [0.4, 0.5) is 0 Å². The van der Waals surface area contributed by atoms with Gasteiger partial charge in [0, 0.05) is 0 Å². The van der Waals surface area contributed by atoms with Gasteiger partial charge in [0.05, 0.1) is 14.2 Å². The average molecular weight is 262 g/mol. The lowest BCUT2D eigenvalue weighted by atomic mass is 10.0. The highest BCUT2D eigenvalue weighted by molar-refractivity contribution is 5.78. The fourth-order valence-corrected chi connectivity index (χ4v) is 1.92. The molecular weight excluding hydrogens is 248 g/mol. The summed E-state index contributed by atoms with van der Waals surface area (Å²) in [5.41, 5.74) is 0. The Morgan fingerprint density at radius 3 is 1.56 bits per heavy atom. The number of hydrogen-bond donors (Lipinski definition) is 0. The third kappa shape index (κ3) is 2.32. The molecule has 0 spiro atoms. The maximum absolute atomic E-state index is 11.5. The largest absolute Gasteiger partial charge is 0.467 e. The molecule has 8 heteroatoms. The van der Waals surface area contributed by atoms with Crippen molar-refractivity contribution in [2.24, 2.45) is 0 Å². The predicted molar refractivity (Wildman–Crippen MR) is 53.3 cm³/mol. The summed E-state index contributed by atoms with van der Waals surface area (Å²) in [6, 6.07) is 0. The summed E-state index contributed by atoms with van der Waals surface area (Å²) < 4.78 is 29.9. The van der Waals surface area contributed by atoms with E-state index in [9.17, 15) is 9.59 Å². The molecule has 0 aromatic rings. The van der Waals surface area contributed by atoms with Crippen LogP contribution in [0.15, 0.2) is 0 Å². The van der Waals surface area contributed by atoms with Crippen LogP contribution in [0.25, 0.3) is 0 Å². The lowest BCUT2D eigenvalue weighted by Crippen LogP contribution is -2.47. The first-order valence-corrected chi connectivity index (χ1v) is 5.31. The minimum absolute atomic E-state index is 0.0712. The molecule has 0 unspecified atom stereocenters. The van der Waals surface area contributed by atoms with Crippen molar-refractivity contribution in [3.63, 3.8) is 0 Å². The molecule has 2 aliphatic heterocycles. The second-order valence-corrected chi connectivity index (χ2v) is 3.72. The van der Waals surface area contributed by atoms with Crippen molar-refractivity contribution >= 4 is 11.9 Å². The lowest BCUT2D eigenvalue weighted by Gasteiger charge is -2.22.